The molecule has 1 aliphatic carbocycles. The summed E-state index contributed by atoms with van der Waals surface area (Å²) in [7, 11) is 1.81. The third kappa shape index (κ3) is 5.90. The smallest absolute Gasteiger partial charge is 0.191 e. The van der Waals surface area contributed by atoms with Gasteiger partial charge >= 0.3 is 0 Å². The van der Waals surface area contributed by atoms with E-state index in [4.69, 9.17) is 9.47 Å². The molecule has 1 heterocycles. The fraction of sp³-hybridized carbons (Fsp3) is 0.632. The van der Waals surface area contributed by atoms with Crippen LogP contribution in [0, 0.1) is 5.92 Å². The lowest BCUT2D eigenvalue weighted by molar-refractivity contribution is 0.0322. The minimum Gasteiger partial charge on any atom is -0.492 e. The summed E-state index contributed by atoms with van der Waals surface area (Å²) in [5.74, 6) is 2.54. The Balaban J connectivity index is 1.41. The Hall–Kier alpha value is -1.79. The average Bonchev–Trinajstić information content (AvgIpc) is 3.34. The van der Waals surface area contributed by atoms with E-state index >= 15 is 0 Å². The second-order valence-corrected chi connectivity index (χ2v) is 6.84. The normalized spacial score (nSPS) is 24.0. The van der Waals surface area contributed by atoms with Crippen LogP contribution >= 0.6 is 0 Å². The Labute approximate surface area is 150 Å². The van der Waals surface area contributed by atoms with Gasteiger partial charge in [0.05, 0.1) is 13.2 Å². The molecule has 1 saturated carbocycles. The molecule has 2 aliphatic rings. The number of hydrogen-bond acceptors (Lipinski definition) is 4. The highest BCUT2D eigenvalue weighted by Crippen LogP contribution is 2.28. The minimum atomic E-state index is 0.570. The summed E-state index contributed by atoms with van der Waals surface area (Å²) in [4.78, 5) is 6.67. The Bertz CT molecular complexity index is 572. The van der Waals surface area contributed by atoms with Crippen molar-refractivity contribution in [3.05, 3.63) is 29.8 Å². The van der Waals surface area contributed by atoms with Crippen LogP contribution in [0.4, 0.5) is 0 Å². The average molecular weight is 346 g/mol. The van der Waals surface area contributed by atoms with Crippen molar-refractivity contribution in [1.82, 2.24) is 15.5 Å². The van der Waals surface area contributed by atoms with Gasteiger partial charge in [-0.2, -0.15) is 0 Å². The van der Waals surface area contributed by atoms with E-state index in [1.54, 1.807) is 0 Å². The van der Waals surface area contributed by atoms with E-state index in [1.807, 2.05) is 19.2 Å². The van der Waals surface area contributed by atoms with Gasteiger partial charge in [-0.25, -0.2) is 0 Å². The number of aliphatic imine (C=N–C) groups is 1. The monoisotopic (exact) mass is 346 g/mol. The number of guanidine groups is 1. The number of ether oxygens (including phenoxy) is 2. The number of morpholine rings is 1. The molecule has 25 heavy (non-hydrogen) atoms. The topological polar surface area (TPSA) is 58.1 Å². The largest absolute Gasteiger partial charge is 0.492 e. The zero-order valence-electron chi connectivity index (χ0n) is 15.3. The predicted octanol–water partition coefficient (Wildman–Crippen LogP) is 1.47. The first-order chi connectivity index (χ1) is 12.2. The molecule has 0 bridgehead atoms. The van der Waals surface area contributed by atoms with Gasteiger partial charge in [0.1, 0.15) is 12.4 Å². The molecule has 2 unspecified atom stereocenters. The molecule has 2 fully saturated rings. The molecule has 1 aliphatic heterocycles. The Morgan fingerprint density at radius 2 is 2.16 bits per heavy atom. The molecule has 0 radical (unpaired) electrons. The lowest BCUT2D eigenvalue weighted by Gasteiger charge is -2.26. The molecule has 6 nitrogen and oxygen atoms in total. The van der Waals surface area contributed by atoms with Crippen molar-refractivity contribution in [3.8, 4) is 5.75 Å². The van der Waals surface area contributed by atoms with Crippen LogP contribution in [-0.4, -0.2) is 63.4 Å². The van der Waals surface area contributed by atoms with Gasteiger partial charge in [0.15, 0.2) is 5.96 Å². The molecule has 0 aromatic heterocycles. The summed E-state index contributed by atoms with van der Waals surface area (Å²) in [5.41, 5.74) is 1.19. The molecule has 2 atom stereocenters. The molecule has 1 aromatic carbocycles. The Morgan fingerprint density at radius 3 is 2.88 bits per heavy atom. The van der Waals surface area contributed by atoms with Gasteiger partial charge in [-0.15, -0.1) is 0 Å². The van der Waals surface area contributed by atoms with Crippen molar-refractivity contribution >= 4 is 5.96 Å². The number of benzene rings is 1. The van der Waals surface area contributed by atoms with Crippen molar-refractivity contribution < 1.29 is 9.47 Å². The predicted molar refractivity (Wildman–Crippen MR) is 100 cm³/mol. The number of hydrogen-bond donors (Lipinski definition) is 2. The molecule has 0 spiro atoms. The molecule has 138 valence electrons. The first-order valence-corrected chi connectivity index (χ1v) is 9.23. The van der Waals surface area contributed by atoms with Gasteiger partial charge in [0.2, 0.25) is 0 Å². The second kappa shape index (κ2) is 9.06. The van der Waals surface area contributed by atoms with Gasteiger partial charge in [-0.05, 0) is 30.0 Å². The Morgan fingerprint density at radius 1 is 1.36 bits per heavy atom. The fourth-order valence-corrected chi connectivity index (χ4v) is 2.94. The van der Waals surface area contributed by atoms with E-state index in [-0.39, 0.29) is 0 Å². The quantitative estimate of drug-likeness (QED) is 0.578. The summed E-state index contributed by atoms with van der Waals surface area (Å²) in [5, 5.41) is 6.81. The Kier molecular flexibility index (Phi) is 6.53. The maximum Gasteiger partial charge on any atom is 0.191 e. The highest BCUT2D eigenvalue weighted by atomic mass is 16.5. The molecule has 3 rings (SSSR count). The number of nitrogens with one attached hydrogen (secondary N) is 2. The molecule has 6 heteroatoms. The van der Waals surface area contributed by atoms with E-state index < -0.39 is 0 Å². The minimum absolute atomic E-state index is 0.570. The highest BCUT2D eigenvalue weighted by molar-refractivity contribution is 5.80. The molecule has 2 N–H and O–H groups in total. The van der Waals surface area contributed by atoms with Crippen LogP contribution in [0.15, 0.2) is 29.3 Å². The van der Waals surface area contributed by atoms with Gasteiger partial charge < -0.3 is 20.1 Å². The molecular weight excluding hydrogens is 316 g/mol. The van der Waals surface area contributed by atoms with Crippen molar-refractivity contribution in [3.63, 3.8) is 0 Å². The van der Waals surface area contributed by atoms with Crippen LogP contribution in [0.25, 0.3) is 0 Å². The lowest BCUT2D eigenvalue weighted by Crippen LogP contribution is -2.38. The summed E-state index contributed by atoms with van der Waals surface area (Å²) >= 11 is 0. The van der Waals surface area contributed by atoms with Crippen LogP contribution < -0.4 is 15.4 Å². The third-order valence-corrected chi connectivity index (χ3v) is 4.79. The van der Waals surface area contributed by atoms with E-state index in [9.17, 15) is 0 Å². The fourth-order valence-electron chi connectivity index (χ4n) is 2.94. The van der Waals surface area contributed by atoms with Gasteiger partial charge in [0.25, 0.3) is 0 Å². The zero-order chi connectivity index (χ0) is 17.5. The standard InChI is InChI=1S/C19H30N4O2/c1-15-12-18(15)22-19(20-2)21-14-16-4-3-5-17(13-16)25-11-8-23-6-9-24-10-7-23/h3-5,13,15,18H,6-12,14H2,1-2H3,(H2,20,21,22). The van der Waals surface area contributed by atoms with Crippen LogP contribution in [0.3, 0.4) is 0 Å². The lowest BCUT2D eigenvalue weighted by atomic mass is 10.2. The van der Waals surface area contributed by atoms with Crippen LogP contribution in [0.5, 0.6) is 5.75 Å². The second-order valence-electron chi connectivity index (χ2n) is 6.84. The van der Waals surface area contributed by atoms with Crippen molar-refractivity contribution in [2.45, 2.75) is 25.9 Å². The first-order valence-electron chi connectivity index (χ1n) is 9.23. The maximum absolute atomic E-state index is 5.92. The molecular formula is C19H30N4O2. The highest BCUT2D eigenvalue weighted by Gasteiger charge is 2.33. The summed E-state index contributed by atoms with van der Waals surface area (Å²) in [6.45, 7) is 8.30. The SMILES string of the molecule is CN=C(NCc1cccc(OCCN2CCOCC2)c1)NC1CC1C. The van der Waals surface area contributed by atoms with Crippen molar-refractivity contribution in [1.29, 1.82) is 0 Å². The number of nitrogens with zero attached hydrogens (tertiary/aromatic N) is 2. The van der Waals surface area contributed by atoms with E-state index in [2.05, 4.69) is 39.6 Å². The first kappa shape index (κ1) is 18.0. The van der Waals surface area contributed by atoms with Crippen LogP contribution in [0.1, 0.15) is 18.9 Å². The van der Waals surface area contributed by atoms with Gasteiger partial charge in [-0.1, -0.05) is 19.1 Å². The number of rotatable bonds is 7. The molecule has 1 saturated heterocycles. The van der Waals surface area contributed by atoms with E-state index in [0.717, 1.165) is 57.0 Å². The van der Waals surface area contributed by atoms with Crippen molar-refractivity contribution in [2.24, 2.45) is 10.9 Å². The van der Waals surface area contributed by atoms with Gasteiger partial charge in [-0.3, -0.25) is 9.89 Å². The van der Waals surface area contributed by atoms with Crippen LogP contribution in [0.2, 0.25) is 0 Å². The van der Waals surface area contributed by atoms with E-state index in [1.165, 1.54) is 12.0 Å². The zero-order valence-corrected chi connectivity index (χ0v) is 15.3. The maximum atomic E-state index is 5.92. The van der Waals surface area contributed by atoms with Crippen molar-refractivity contribution in [2.75, 3.05) is 46.5 Å². The summed E-state index contributed by atoms with van der Waals surface area (Å²) in [6, 6.07) is 8.83. The van der Waals surface area contributed by atoms with Gasteiger partial charge in [0, 0.05) is 39.3 Å². The summed E-state index contributed by atoms with van der Waals surface area (Å²) < 4.78 is 11.3. The molecule has 0 amide bonds. The summed E-state index contributed by atoms with van der Waals surface area (Å²) in [6.07, 6.45) is 1.23. The molecule has 1 aromatic rings. The van der Waals surface area contributed by atoms with Crippen LogP contribution in [-0.2, 0) is 11.3 Å². The third-order valence-electron chi connectivity index (χ3n) is 4.79. The van der Waals surface area contributed by atoms with E-state index in [0.29, 0.717) is 12.6 Å².